The van der Waals surface area contributed by atoms with Crippen molar-refractivity contribution in [2.45, 2.75) is 19.8 Å². The van der Waals surface area contributed by atoms with E-state index in [1.807, 2.05) is 13.0 Å². The number of aliphatic carboxylic acids is 1. The topological polar surface area (TPSA) is 93.4 Å². The minimum absolute atomic E-state index is 0.0231. The van der Waals surface area contributed by atoms with Crippen LogP contribution >= 0.6 is 0 Å². The van der Waals surface area contributed by atoms with Crippen molar-refractivity contribution < 1.29 is 14.7 Å². The molecular weight excluding hydrogens is 270 g/mol. The monoisotopic (exact) mass is 289 g/mol. The van der Waals surface area contributed by atoms with Crippen molar-refractivity contribution in [3.05, 3.63) is 29.8 Å². The minimum atomic E-state index is -0.876. The Bertz CT molecular complexity index is 551. The highest BCUT2D eigenvalue weighted by atomic mass is 16.4. The Morgan fingerprint density at radius 1 is 1.43 bits per heavy atom. The van der Waals surface area contributed by atoms with E-state index < -0.39 is 5.97 Å². The van der Waals surface area contributed by atoms with E-state index in [1.54, 1.807) is 31.3 Å². The normalized spacial score (nSPS) is 11.3. The van der Waals surface area contributed by atoms with Crippen molar-refractivity contribution >= 4 is 17.7 Å². The van der Waals surface area contributed by atoms with Gasteiger partial charge in [0, 0.05) is 20.0 Å². The van der Waals surface area contributed by atoms with Crippen molar-refractivity contribution in [3.8, 4) is 6.07 Å². The van der Waals surface area contributed by atoms with Gasteiger partial charge in [0.05, 0.1) is 11.3 Å². The van der Waals surface area contributed by atoms with Crippen LogP contribution in [0.3, 0.4) is 0 Å². The zero-order valence-electron chi connectivity index (χ0n) is 12.2. The van der Waals surface area contributed by atoms with Crippen LogP contribution in [0.4, 0.5) is 10.5 Å². The Morgan fingerprint density at radius 3 is 2.67 bits per heavy atom. The first-order chi connectivity index (χ1) is 9.99. The lowest BCUT2D eigenvalue weighted by Gasteiger charge is -2.21. The summed E-state index contributed by atoms with van der Waals surface area (Å²) in [4.78, 5) is 24.1. The van der Waals surface area contributed by atoms with Gasteiger partial charge in [-0.2, -0.15) is 5.26 Å². The predicted molar refractivity (Wildman–Crippen MR) is 79.0 cm³/mol. The first kappa shape index (κ1) is 16.5. The zero-order chi connectivity index (χ0) is 15.8. The van der Waals surface area contributed by atoms with Gasteiger partial charge in [-0.1, -0.05) is 25.5 Å². The van der Waals surface area contributed by atoms with Crippen LogP contribution in [-0.2, 0) is 4.79 Å². The van der Waals surface area contributed by atoms with Gasteiger partial charge in [0.2, 0.25) is 0 Å². The molecule has 2 N–H and O–H groups in total. The van der Waals surface area contributed by atoms with E-state index in [0.717, 1.165) is 0 Å². The minimum Gasteiger partial charge on any atom is -0.481 e. The van der Waals surface area contributed by atoms with E-state index in [-0.39, 0.29) is 18.4 Å². The molecule has 1 rings (SSSR count). The maximum atomic E-state index is 12.1. The van der Waals surface area contributed by atoms with Gasteiger partial charge in [-0.15, -0.1) is 0 Å². The fourth-order valence-electron chi connectivity index (χ4n) is 1.93. The Hall–Kier alpha value is -2.55. The zero-order valence-corrected chi connectivity index (χ0v) is 12.2. The standard InChI is InChI=1S/C15H19N3O3/c1-3-11(8-14(19)20)10-17-15(21)18(2)13-7-5-4-6-12(13)9-16/h4-7,11H,3,8,10H2,1-2H3,(H,17,21)(H,19,20). The largest absolute Gasteiger partial charge is 0.481 e. The number of nitrogens with zero attached hydrogens (tertiary/aromatic N) is 2. The average Bonchev–Trinajstić information content (AvgIpc) is 2.49. The molecule has 2 amide bonds. The van der Waals surface area contributed by atoms with E-state index in [1.165, 1.54) is 4.90 Å². The maximum Gasteiger partial charge on any atom is 0.321 e. The molecule has 0 fully saturated rings. The number of carboxylic acids is 1. The third-order valence-corrected chi connectivity index (χ3v) is 3.27. The smallest absolute Gasteiger partial charge is 0.321 e. The fourth-order valence-corrected chi connectivity index (χ4v) is 1.93. The molecule has 1 aromatic rings. The lowest BCUT2D eigenvalue weighted by molar-refractivity contribution is -0.138. The van der Waals surface area contributed by atoms with Crippen LogP contribution in [0.5, 0.6) is 0 Å². The van der Waals surface area contributed by atoms with E-state index in [2.05, 4.69) is 5.32 Å². The van der Waals surface area contributed by atoms with Crippen LogP contribution in [0.25, 0.3) is 0 Å². The van der Waals surface area contributed by atoms with Crippen molar-refractivity contribution in [1.82, 2.24) is 5.32 Å². The number of hydrogen-bond donors (Lipinski definition) is 2. The van der Waals surface area contributed by atoms with Gasteiger partial charge in [0.25, 0.3) is 0 Å². The van der Waals surface area contributed by atoms with Crippen molar-refractivity contribution in [3.63, 3.8) is 0 Å². The van der Waals surface area contributed by atoms with Gasteiger partial charge >= 0.3 is 12.0 Å². The molecule has 0 aliphatic carbocycles. The number of carbonyl (C=O) groups is 2. The number of hydrogen-bond acceptors (Lipinski definition) is 3. The molecule has 1 unspecified atom stereocenters. The van der Waals surface area contributed by atoms with Gasteiger partial charge in [0.1, 0.15) is 6.07 Å². The third-order valence-electron chi connectivity index (χ3n) is 3.27. The Balaban J connectivity index is 2.67. The number of benzene rings is 1. The van der Waals surface area contributed by atoms with Crippen LogP contribution < -0.4 is 10.2 Å². The summed E-state index contributed by atoms with van der Waals surface area (Å²) in [6.45, 7) is 2.18. The predicted octanol–water partition coefficient (Wildman–Crippen LogP) is 2.20. The Labute approximate surface area is 124 Å². The number of urea groups is 1. The quantitative estimate of drug-likeness (QED) is 0.839. The number of carbonyl (C=O) groups excluding carboxylic acids is 1. The van der Waals surface area contributed by atoms with Crippen LogP contribution in [0.1, 0.15) is 25.3 Å². The molecule has 0 aromatic heterocycles. The van der Waals surface area contributed by atoms with Gasteiger partial charge in [-0.05, 0) is 18.1 Å². The van der Waals surface area contributed by atoms with E-state index in [4.69, 9.17) is 10.4 Å². The van der Waals surface area contributed by atoms with E-state index in [0.29, 0.717) is 24.2 Å². The number of rotatable bonds is 6. The first-order valence-corrected chi connectivity index (χ1v) is 6.72. The summed E-state index contributed by atoms with van der Waals surface area (Å²) in [7, 11) is 1.57. The highest BCUT2D eigenvalue weighted by Crippen LogP contribution is 2.18. The third kappa shape index (κ3) is 4.80. The van der Waals surface area contributed by atoms with E-state index in [9.17, 15) is 9.59 Å². The second-order valence-electron chi connectivity index (χ2n) is 4.75. The summed E-state index contributed by atoms with van der Waals surface area (Å²) in [6, 6.07) is 8.48. The van der Waals surface area contributed by atoms with Gasteiger partial charge < -0.3 is 10.4 Å². The molecule has 21 heavy (non-hydrogen) atoms. The number of anilines is 1. The first-order valence-electron chi connectivity index (χ1n) is 6.72. The fraction of sp³-hybridized carbons (Fsp3) is 0.400. The number of amides is 2. The molecule has 0 aliphatic heterocycles. The molecule has 1 aromatic carbocycles. The molecule has 0 spiro atoms. The van der Waals surface area contributed by atoms with Crippen LogP contribution in [0.15, 0.2) is 24.3 Å². The molecular formula is C15H19N3O3. The molecule has 1 atom stereocenters. The summed E-state index contributed by atoms with van der Waals surface area (Å²) in [5.74, 6) is -0.981. The van der Waals surface area contributed by atoms with E-state index >= 15 is 0 Å². The van der Waals surface area contributed by atoms with Gasteiger partial charge in [-0.3, -0.25) is 9.69 Å². The van der Waals surface area contributed by atoms with Crippen molar-refractivity contribution in [1.29, 1.82) is 5.26 Å². The van der Waals surface area contributed by atoms with Crippen molar-refractivity contribution in [2.75, 3.05) is 18.5 Å². The molecule has 0 aliphatic rings. The molecule has 112 valence electrons. The number of nitriles is 1. The summed E-state index contributed by atoms with van der Waals surface area (Å²) in [5.41, 5.74) is 0.927. The highest BCUT2D eigenvalue weighted by molar-refractivity contribution is 5.92. The van der Waals surface area contributed by atoms with Crippen molar-refractivity contribution in [2.24, 2.45) is 5.92 Å². The van der Waals surface area contributed by atoms with Crippen LogP contribution in [-0.4, -0.2) is 30.7 Å². The second kappa shape index (κ2) is 7.90. The summed E-state index contributed by atoms with van der Waals surface area (Å²) < 4.78 is 0. The van der Waals surface area contributed by atoms with Crippen LogP contribution in [0, 0.1) is 17.2 Å². The molecule has 0 heterocycles. The summed E-state index contributed by atoms with van der Waals surface area (Å²) in [6.07, 6.45) is 0.695. The number of carboxylic acid groups (broad SMARTS) is 1. The van der Waals surface area contributed by atoms with Gasteiger partial charge in [-0.25, -0.2) is 4.79 Å². The Kier molecular flexibility index (Phi) is 6.21. The highest BCUT2D eigenvalue weighted by Gasteiger charge is 2.16. The molecule has 6 heteroatoms. The van der Waals surface area contributed by atoms with Gasteiger partial charge in [0.15, 0.2) is 0 Å². The average molecular weight is 289 g/mol. The molecule has 0 saturated heterocycles. The maximum absolute atomic E-state index is 12.1. The van der Waals surface area contributed by atoms with Crippen LogP contribution in [0.2, 0.25) is 0 Å². The summed E-state index contributed by atoms with van der Waals surface area (Å²) >= 11 is 0. The second-order valence-corrected chi connectivity index (χ2v) is 4.75. The molecule has 0 bridgehead atoms. The lowest BCUT2D eigenvalue weighted by Crippen LogP contribution is -2.40. The molecule has 6 nitrogen and oxygen atoms in total. The summed E-state index contributed by atoms with van der Waals surface area (Å²) in [5, 5.41) is 20.5. The number of para-hydroxylation sites is 1. The number of nitrogens with one attached hydrogen (secondary N) is 1. The lowest BCUT2D eigenvalue weighted by atomic mass is 10.0. The molecule has 0 saturated carbocycles. The Morgan fingerprint density at radius 2 is 2.10 bits per heavy atom. The SMILES string of the molecule is CCC(CNC(=O)N(C)c1ccccc1C#N)CC(=O)O. The molecule has 0 radical (unpaired) electrons.